The zero-order valence-electron chi connectivity index (χ0n) is 17.3. The lowest BCUT2D eigenvalue weighted by Gasteiger charge is -2.22. The number of methoxy groups -OCH3 is 1. The number of nitrogens with zero attached hydrogens (tertiary/aromatic N) is 2. The van der Waals surface area contributed by atoms with Crippen molar-refractivity contribution < 1.29 is 13.9 Å². The molecule has 0 spiro atoms. The summed E-state index contributed by atoms with van der Waals surface area (Å²) in [7, 11) is 5.46. The van der Waals surface area contributed by atoms with Gasteiger partial charge in [0, 0.05) is 32.4 Å². The molecule has 0 saturated carbocycles. The molecule has 0 aliphatic carbocycles. The first-order valence-electron chi connectivity index (χ1n) is 9.66. The van der Waals surface area contributed by atoms with Crippen LogP contribution in [0, 0.1) is 4.77 Å². The van der Waals surface area contributed by atoms with E-state index in [1.165, 1.54) is 4.57 Å². The Morgan fingerprint density at radius 2 is 2.17 bits per heavy atom. The van der Waals surface area contributed by atoms with Gasteiger partial charge in [-0.05, 0) is 63.1 Å². The first-order valence-corrected chi connectivity index (χ1v) is 10.1. The fourth-order valence-electron chi connectivity index (χ4n) is 3.28. The standard InChI is InChI=1S/C21H26N4O4S/c1-24(2)17(18-6-4-11-29-18)13-22-19(26)14-7-8-15-16(12-14)23-21(30)25(20(15)27)9-5-10-28-3/h4,6-8,11-12,17H,5,9-10,13H2,1-3H3,(H,22,26)(H,23,30). The second-order valence-electron chi connectivity index (χ2n) is 7.20. The Hall–Kier alpha value is -2.75. The molecule has 30 heavy (non-hydrogen) atoms. The number of benzene rings is 1. The van der Waals surface area contributed by atoms with E-state index in [1.54, 1.807) is 31.6 Å². The molecule has 0 aliphatic rings. The third-order valence-electron chi connectivity index (χ3n) is 4.93. The minimum absolute atomic E-state index is 0.0884. The van der Waals surface area contributed by atoms with Gasteiger partial charge in [0.2, 0.25) is 0 Å². The number of nitrogens with one attached hydrogen (secondary N) is 2. The highest BCUT2D eigenvalue weighted by Gasteiger charge is 2.18. The minimum atomic E-state index is -0.237. The molecular weight excluding hydrogens is 404 g/mol. The molecule has 8 nitrogen and oxygen atoms in total. The summed E-state index contributed by atoms with van der Waals surface area (Å²) in [5, 5.41) is 3.42. The van der Waals surface area contributed by atoms with Crippen LogP contribution in [0.15, 0.2) is 45.8 Å². The van der Waals surface area contributed by atoms with Crippen LogP contribution in [-0.4, -0.2) is 54.7 Å². The molecule has 1 amide bonds. The van der Waals surface area contributed by atoms with Crippen LogP contribution >= 0.6 is 12.2 Å². The number of furan rings is 1. The summed E-state index contributed by atoms with van der Waals surface area (Å²) in [5.74, 6) is 0.538. The molecule has 0 bridgehead atoms. The first kappa shape index (κ1) is 21.9. The number of fused-ring (bicyclic) bond motifs is 1. The maximum atomic E-state index is 12.8. The average Bonchev–Trinajstić information content (AvgIpc) is 3.24. The third-order valence-corrected chi connectivity index (χ3v) is 5.25. The quantitative estimate of drug-likeness (QED) is 0.401. The van der Waals surface area contributed by atoms with E-state index in [2.05, 4.69) is 10.3 Å². The van der Waals surface area contributed by atoms with E-state index < -0.39 is 0 Å². The monoisotopic (exact) mass is 430 g/mol. The molecule has 2 heterocycles. The molecule has 1 unspecified atom stereocenters. The highest BCUT2D eigenvalue weighted by molar-refractivity contribution is 7.71. The van der Waals surface area contributed by atoms with Gasteiger partial charge in [0.1, 0.15) is 5.76 Å². The normalized spacial score (nSPS) is 12.4. The number of ether oxygens (including phenoxy) is 1. The van der Waals surface area contributed by atoms with Crippen molar-refractivity contribution in [2.45, 2.75) is 19.0 Å². The lowest BCUT2D eigenvalue weighted by atomic mass is 10.1. The molecule has 1 aromatic carbocycles. The average molecular weight is 431 g/mol. The van der Waals surface area contributed by atoms with Crippen molar-refractivity contribution in [3.8, 4) is 0 Å². The first-order chi connectivity index (χ1) is 14.4. The van der Waals surface area contributed by atoms with Crippen molar-refractivity contribution in [3.05, 3.63) is 63.0 Å². The number of likely N-dealkylation sites (N-methyl/N-ethyl adjacent to an activating group) is 1. The molecule has 9 heteroatoms. The maximum Gasteiger partial charge on any atom is 0.262 e. The molecule has 0 fully saturated rings. The summed E-state index contributed by atoms with van der Waals surface area (Å²) in [6.45, 7) is 1.40. The van der Waals surface area contributed by atoms with Crippen molar-refractivity contribution in [1.82, 2.24) is 19.8 Å². The molecule has 2 aromatic heterocycles. The molecule has 1 atom stereocenters. The predicted octanol–water partition coefficient (Wildman–Crippen LogP) is 2.72. The van der Waals surface area contributed by atoms with Crippen LogP contribution in [0.4, 0.5) is 0 Å². The lowest BCUT2D eigenvalue weighted by Crippen LogP contribution is -2.34. The highest BCUT2D eigenvalue weighted by atomic mass is 32.1. The maximum absolute atomic E-state index is 12.8. The van der Waals surface area contributed by atoms with Crippen LogP contribution in [0.5, 0.6) is 0 Å². The Morgan fingerprint density at radius 1 is 1.37 bits per heavy atom. The van der Waals surface area contributed by atoms with Crippen LogP contribution in [0.1, 0.15) is 28.6 Å². The van der Waals surface area contributed by atoms with Gasteiger partial charge in [-0.2, -0.15) is 0 Å². The molecular formula is C21H26N4O4S. The molecule has 3 rings (SSSR count). The van der Waals surface area contributed by atoms with E-state index in [0.29, 0.717) is 47.4 Å². The Balaban J connectivity index is 1.79. The number of rotatable bonds is 9. The van der Waals surface area contributed by atoms with Crippen molar-refractivity contribution >= 4 is 29.0 Å². The molecule has 3 aromatic rings. The molecule has 0 radical (unpaired) electrons. The molecule has 2 N–H and O–H groups in total. The fraction of sp³-hybridized carbons (Fsp3) is 0.381. The SMILES string of the molecule is COCCCn1c(=S)[nH]c2cc(C(=O)NCC(c3ccco3)N(C)C)ccc2c1=O. The highest BCUT2D eigenvalue weighted by Crippen LogP contribution is 2.18. The summed E-state index contributed by atoms with van der Waals surface area (Å²) >= 11 is 5.34. The Bertz CT molecular complexity index is 1120. The minimum Gasteiger partial charge on any atom is -0.468 e. The van der Waals surface area contributed by atoms with Gasteiger partial charge in [-0.1, -0.05) is 0 Å². The van der Waals surface area contributed by atoms with E-state index in [0.717, 1.165) is 5.76 Å². The van der Waals surface area contributed by atoms with Crippen LogP contribution in [0.25, 0.3) is 10.9 Å². The topological polar surface area (TPSA) is 92.5 Å². The van der Waals surface area contributed by atoms with Crippen molar-refractivity contribution in [2.24, 2.45) is 0 Å². The van der Waals surface area contributed by atoms with E-state index in [4.69, 9.17) is 21.4 Å². The number of carbonyl (C=O) groups excluding carboxylic acids is 1. The number of amides is 1. The van der Waals surface area contributed by atoms with Gasteiger partial charge in [-0.15, -0.1) is 0 Å². The Kier molecular flexibility index (Phi) is 7.20. The van der Waals surface area contributed by atoms with Gasteiger partial charge in [-0.3, -0.25) is 19.1 Å². The van der Waals surface area contributed by atoms with Gasteiger partial charge >= 0.3 is 0 Å². The van der Waals surface area contributed by atoms with Crippen molar-refractivity contribution in [2.75, 3.05) is 34.4 Å². The number of aromatic amines is 1. The number of aromatic nitrogens is 2. The summed E-state index contributed by atoms with van der Waals surface area (Å²) in [5.41, 5.74) is 0.805. The number of carbonyl (C=O) groups is 1. The van der Waals surface area contributed by atoms with Crippen LogP contribution in [0.2, 0.25) is 0 Å². The van der Waals surface area contributed by atoms with Crippen LogP contribution in [0.3, 0.4) is 0 Å². The van der Waals surface area contributed by atoms with Gasteiger partial charge in [0.15, 0.2) is 4.77 Å². The Labute approximate surface area is 179 Å². The van der Waals surface area contributed by atoms with E-state index in [1.807, 2.05) is 31.1 Å². The van der Waals surface area contributed by atoms with Crippen LogP contribution in [-0.2, 0) is 11.3 Å². The van der Waals surface area contributed by atoms with Gasteiger partial charge in [0.05, 0.1) is 23.2 Å². The van der Waals surface area contributed by atoms with E-state index >= 15 is 0 Å². The van der Waals surface area contributed by atoms with E-state index in [-0.39, 0.29) is 17.5 Å². The summed E-state index contributed by atoms with van der Waals surface area (Å²) in [4.78, 5) is 30.5. The lowest BCUT2D eigenvalue weighted by molar-refractivity contribution is 0.0939. The van der Waals surface area contributed by atoms with Crippen molar-refractivity contribution in [3.63, 3.8) is 0 Å². The summed E-state index contributed by atoms with van der Waals surface area (Å²) in [6.07, 6.45) is 2.30. The van der Waals surface area contributed by atoms with E-state index in [9.17, 15) is 9.59 Å². The summed E-state index contributed by atoms with van der Waals surface area (Å²) in [6, 6.07) is 8.56. The third kappa shape index (κ3) is 4.86. The number of H-pyrrole nitrogens is 1. The predicted molar refractivity (Wildman–Crippen MR) is 117 cm³/mol. The van der Waals surface area contributed by atoms with Gasteiger partial charge in [0.25, 0.3) is 11.5 Å². The smallest absolute Gasteiger partial charge is 0.262 e. The zero-order chi connectivity index (χ0) is 21.7. The largest absolute Gasteiger partial charge is 0.468 e. The second kappa shape index (κ2) is 9.84. The van der Waals surface area contributed by atoms with Gasteiger partial charge in [-0.25, -0.2) is 0 Å². The zero-order valence-corrected chi connectivity index (χ0v) is 18.1. The van der Waals surface area contributed by atoms with Gasteiger partial charge < -0.3 is 19.5 Å². The molecule has 160 valence electrons. The molecule has 0 aliphatic heterocycles. The Morgan fingerprint density at radius 3 is 2.83 bits per heavy atom. The summed E-state index contributed by atoms with van der Waals surface area (Å²) < 4.78 is 12.3. The number of hydrogen-bond acceptors (Lipinski definition) is 6. The van der Waals surface area contributed by atoms with Crippen LogP contribution < -0.4 is 10.9 Å². The number of hydrogen-bond donors (Lipinski definition) is 2. The molecule has 0 saturated heterocycles. The fourth-order valence-corrected chi connectivity index (χ4v) is 3.56. The van der Waals surface area contributed by atoms with Crippen molar-refractivity contribution in [1.29, 1.82) is 0 Å². The second-order valence-corrected chi connectivity index (χ2v) is 7.59.